The van der Waals surface area contributed by atoms with Crippen molar-refractivity contribution in [3.05, 3.63) is 11.8 Å². The van der Waals surface area contributed by atoms with Gasteiger partial charge in [-0.15, -0.1) is 11.6 Å². The average Bonchev–Trinajstić information content (AvgIpc) is 2.95. The van der Waals surface area contributed by atoms with Crippen LogP contribution >= 0.6 is 11.6 Å². The van der Waals surface area contributed by atoms with Crippen LogP contribution in [0, 0.1) is 0 Å². The second-order valence-corrected chi connectivity index (χ2v) is 7.70. The minimum absolute atomic E-state index is 0.144. The van der Waals surface area contributed by atoms with Crippen molar-refractivity contribution in [1.82, 2.24) is 19.4 Å². The Kier molecular flexibility index (Phi) is 3.79. The Balaban J connectivity index is 1.89. The highest BCUT2D eigenvalue weighted by molar-refractivity contribution is 7.89. The van der Waals surface area contributed by atoms with Gasteiger partial charge in [0.05, 0.1) is 12.1 Å². The summed E-state index contributed by atoms with van der Waals surface area (Å²) in [6, 6.07) is 0.828. The van der Waals surface area contributed by atoms with E-state index >= 15 is 0 Å². The van der Waals surface area contributed by atoms with Crippen molar-refractivity contribution in [2.24, 2.45) is 0 Å². The molecule has 1 aromatic heterocycles. The monoisotopic (exact) mass is 318 g/mol. The summed E-state index contributed by atoms with van der Waals surface area (Å²) >= 11 is 5.79. The lowest BCUT2D eigenvalue weighted by atomic mass is 10.1. The van der Waals surface area contributed by atoms with E-state index < -0.39 is 10.0 Å². The third-order valence-corrected chi connectivity index (χ3v) is 6.70. The van der Waals surface area contributed by atoms with Crippen molar-refractivity contribution < 1.29 is 8.42 Å². The molecular weight excluding hydrogens is 300 g/mol. The number of fused-ring (bicyclic) bond motifs is 2. The molecule has 2 unspecified atom stereocenters. The van der Waals surface area contributed by atoms with E-state index in [1.54, 1.807) is 4.31 Å². The summed E-state index contributed by atoms with van der Waals surface area (Å²) < 4.78 is 27.1. The van der Waals surface area contributed by atoms with Crippen LogP contribution < -0.4 is 0 Å². The summed E-state index contributed by atoms with van der Waals surface area (Å²) in [6.45, 7) is 1.12. The van der Waals surface area contributed by atoms with E-state index in [9.17, 15) is 8.42 Å². The summed E-state index contributed by atoms with van der Waals surface area (Å²) in [6.07, 6.45) is 4.61. The molecule has 2 atom stereocenters. The van der Waals surface area contributed by atoms with Gasteiger partial charge in [0, 0.05) is 30.7 Å². The normalized spacial score (nSPS) is 28.7. The topological polar surface area (TPSA) is 69.3 Å². The van der Waals surface area contributed by atoms with Crippen LogP contribution in [-0.4, -0.2) is 60.0 Å². The number of sulfonamides is 1. The maximum atomic E-state index is 12.7. The van der Waals surface area contributed by atoms with Crippen LogP contribution in [0.25, 0.3) is 0 Å². The smallest absolute Gasteiger partial charge is 0.260 e. The van der Waals surface area contributed by atoms with E-state index in [1.807, 2.05) is 0 Å². The van der Waals surface area contributed by atoms with E-state index in [2.05, 4.69) is 22.1 Å². The van der Waals surface area contributed by atoms with Gasteiger partial charge >= 0.3 is 0 Å². The molecule has 0 radical (unpaired) electrons. The number of nitrogens with zero attached hydrogens (tertiary/aromatic N) is 3. The highest BCUT2D eigenvalue weighted by Gasteiger charge is 2.39. The molecule has 2 saturated heterocycles. The quantitative estimate of drug-likeness (QED) is 0.844. The lowest BCUT2D eigenvalue weighted by Crippen LogP contribution is -2.40. The summed E-state index contributed by atoms with van der Waals surface area (Å²) in [7, 11) is -1.43. The number of H-pyrrole nitrogens is 1. The molecule has 2 aliphatic rings. The first-order valence-corrected chi connectivity index (χ1v) is 8.81. The van der Waals surface area contributed by atoms with Gasteiger partial charge in [0.2, 0.25) is 0 Å². The molecule has 0 aromatic carbocycles. The molecule has 2 fully saturated rings. The number of nitrogens with one attached hydrogen (secondary N) is 1. The number of rotatable bonds is 3. The third kappa shape index (κ3) is 2.26. The number of alkyl halides is 1. The van der Waals surface area contributed by atoms with Gasteiger partial charge in [0.1, 0.15) is 0 Å². The molecule has 0 spiro atoms. The Hall–Kier alpha value is -0.630. The first kappa shape index (κ1) is 14.3. The van der Waals surface area contributed by atoms with Gasteiger partial charge < -0.3 is 0 Å². The van der Waals surface area contributed by atoms with E-state index in [1.165, 1.54) is 12.6 Å². The molecule has 3 rings (SSSR count). The lowest BCUT2D eigenvalue weighted by Gasteiger charge is -2.25. The fraction of sp³-hybridized carbons (Fsp3) is 0.750. The molecule has 2 aliphatic heterocycles. The van der Waals surface area contributed by atoms with Crippen molar-refractivity contribution in [2.45, 2.75) is 42.3 Å². The number of halogens is 1. The van der Waals surface area contributed by atoms with Crippen molar-refractivity contribution >= 4 is 21.6 Å². The molecule has 1 aromatic rings. The zero-order valence-electron chi connectivity index (χ0n) is 11.4. The van der Waals surface area contributed by atoms with Gasteiger partial charge in [-0.05, 0) is 26.3 Å². The summed E-state index contributed by atoms with van der Waals surface area (Å²) in [5.74, 6) is 0.144. The Bertz CT molecular complexity index is 588. The Labute approximate surface area is 124 Å². The fourth-order valence-corrected chi connectivity index (χ4v) is 5.12. The van der Waals surface area contributed by atoms with E-state index in [0.717, 1.165) is 12.8 Å². The number of hydrogen-bond donors (Lipinski definition) is 1. The minimum Gasteiger partial charge on any atom is -0.299 e. The highest BCUT2D eigenvalue weighted by Crippen LogP contribution is 2.31. The van der Waals surface area contributed by atoms with Crippen LogP contribution in [-0.2, 0) is 15.9 Å². The van der Waals surface area contributed by atoms with Gasteiger partial charge in [-0.3, -0.25) is 10.00 Å². The first-order chi connectivity index (χ1) is 9.54. The van der Waals surface area contributed by atoms with Crippen LogP contribution in [0.15, 0.2) is 11.2 Å². The second-order valence-electron chi connectivity index (χ2n) is 5.56. The maximum Gasteiger partial charge on any atom is 0.260 e. The standard InChI is InChI=1S/C12H19ClN4O2S/c1-16-10-2-3-11(16)8-17(5-4-10)20(18,19)12-9(6-13)7-14-15-12/h7,10-11H,2-6,8H2,1H3,(H,14,15). The molecule has 3 heterocycles. The molecule has 2 bridgehead atoms. The predicted octanol–water partition coefficient (Wildman–Crippen LogP) is 1.01. The summed E-state index contributed by atoms with van der Waals surface area (Å²) in [5.41, 5.74) is 0.537. The van der Waals surface area contributed by atoms with Gasteiger partial charge in [0.15, 0.2) is 5.03 Å². The molecule has 0 saturated carbocycles. The third-order valence-electron chi connectivity index (χ3n) is 4.53. The molecule has 8 heteroatoms. The lowest BCUT2D eigenvalue weighted by molar-refractivity contribution is 0.246. The van der Waals surface area contributed by atoms with Crippen LogP contribution in [0.4, 0.5) is 0 Å². The van der Waals surface area contributed by atoms with Crippen LogP contribution in [0.3, 0.4) is 0 Å². The van der Waals surface area contributed by atoms with Crippen molar-refractivity contribution in [2.75, 3.05) is 20.1 Å². The fourth-order valence-electron chi connectivity index (χ4n) is 3.24. The van der Waals surface area contributed by atoms with Crippen molar-refractivity contribution in [3.63, 3.8) is 0 Å². The van der Waals surface area contributed by atoms with Gasteiger partial charge in [-0.1, -0.05) is 0 Å². The molecular formula is C12H19ClN4O2S. The Morgan fingerprint density at radius 1 is 1.40 bits per heavy atom. The molecule has 0 amide bonds. The van der Waals surface area contributed by atoms with Crippen LogP contribution in [0.1, 0.15) is 24.8 Å². The second kappa shape index (κ2) is 5.29. The van der Waals surface area contributed by atoms with Crippen molar-refractivity contribution in [3.8, 4) is 0 Å². The van der Waals surface area contributed by atoms with Gasteiger partial charge in [-0.2, -0.15) is 9.40 Å². The zero-order chi connectivity index (χ0) is 14.3. The molecule has 1 N–H and O–H groups in total. The average molecular weight is 319 g/mol. The number of likely N-dealkylation sites (N-methyl/N-ethyl adjacent to an activating group) is 1. The molecule has 112 valence electrons. The SMILES string of the molecule is CN1C2CCC1CN(S(=O)(=O)c1[nH]ncc1CCl)CC2. The molecule has 20 heavy (non-hydrogen) atoms. The number of hydrogen-bond acceptors (Lipinski definition) is 4. The highest BCUT2D eigenvalue weighted by atomic mass is 35.5. The predicted molar refractivity (Wildman–Crippen MR) is 76.1 cm³/mol. The van der Waals surface area contributed by atoms with E-state index in [4.69, 9.17) is 11.6 Å². The zero-order valence-corrected chi connectivity index (χ0v) is 13.0. The van der Waals surface area contributed by atoms with Gasteiger partial charge in [-0.25, -0.2) is 8.42 Å². The molecule has 6 nitrogen and oxygen atoms in total. The largest absolute Gasteiger partial charge is 0.299 e. The number of aromatic amines is 1. The summed E-state index contributed by atoms with van der Waals surface area (Å²) in [5, 5.41) is 6.55. The van der Waals surface area contributed by atoms with Crippen molar-refractivity contribution in [1.29, 1.82) is 0 Å². The van der Waals surface area contributed by atoms with Gasteiger partial charge in [0.25, 0.3) is 10.0 Å². The number of aromatic nitrogens is 2. The summed E-state index contributed by atoms with van der Waals surface area (Å²) in [4.78, 5) is 2.32. The minimum atomic E-state index is -3.53. The maximum absolute atomic E-state index is 12.7. The van der Waals surface area contributed by atoms with Crippen LogP contribution in [0.2, 0.25) is 0 Å². The Morgan fingerprint density at radius 2 is 2.15 bits per heavy atom. The first-order valence-electron chi connectivity index (χ1n) is 6.84. The van der Waals surface area contributed by atoms with E-state index in [0.29, 0.717) is 30.7 Å². The van der Waals surface area contributed by atoms with Crippen LogP contribution in [0.5, 0.6) is 0 Å². The van der Waals surface area contributed by atoms with E-state index in [-0.39, 0.29) is 10.9 Å². The Morgan fingerprint density at radius 3 is 2.90 bits per heavy atom. The molecule has 0 aliphatic carbocycles.